The summed E-state index contributed by atoms with van der Waals surface area (Å²) in [5, 5.41) is 0. The monoisotopic (exact) mass is 535 g/mol. The highest BCUT2D eigenvalue weighted by Crippen LogP contribution is 2.12. The first-order chi connectivity index (χ1) is 17.4. The number of hydrogen-bond donors (Lipinski definition) is 1. The first-order valence-electron chi connectivity index (χ1n) is 14.6. The lowest BCUT2D eigenvalue weighted by molar-refractivity contribution is -0.160. The molecule has 0 aliphatic heterocycles. The Morgan fingerprint density at radius 2 is 0.838 bits per heavy atom. The summed E-state index contributed by atoms with van der Waals surface area (Å²) in [6.45, 7) is 4.40. The van der Waals surface area contributed by atoms with Crippen LogP contribution in [0.1, 0.15) is 155 Å². The van der Waals surface area contributed by atoms with Crippen molar-refractivity contribution in [3.63, 3.8) is 0 Å². The molecule has 2 N–H and O–H groups in total. The van der Waals surface area contributed by atoms with Gasteiger partial charge in [-0.3, -0.25) is 14.4 Å². The molecule has 0 rings (SSSR count). The summed E-state index contributed by atoms with van der Waals surface area (Å²) >= 11 is 0. The second-order valence-electron chi connectivity index (χ2n) is 9.94. The maximum Gasteiger partial charge on any atom is 0.330 e. The highest BCUT2D eigenvalue weighted by molar-refractivity contribution is 5.89. The van der Waals surface area contributed by atoms with Crippen molar-refractivity contribution < 1.29 is 28.7 Å². The van der Waals surface area contributed by atoms with E-state index in [2.05, 4.69) is 13.8 Å². The molecule has 0 amide bonds. The smallest absolute Gasteiger partial charge is 0.330 e. The standard InChI is InChI=1S/C29H53NO6.Mg/c1-3-5-7-9-11-13-15-17-19-21-26(31)35-28(33)24-23-25(30)29(34)36-27(32)22-20-18-16-14-12-10-8-6-4-2;/h25H,3-24,30H2,1-2H3;/t25-;/m0./s1. The fourth-order valence-electron chi connectivity index (χ4n) is 4.02. The normalized spacial score (nSPS) is 11.4. The number of ether oxygens (including phenoxy) is 2. The van der Waals surface area contributed by atoms with Gasteiger partial charge in [0, 0.05) is 42.3 Å². The number of nitrogens with two attached hydrogens (primary N) is 1. The van der Waals surface area contributed by atoms with E-state index in [1.54, 1.807) is 0 Å². The highest BCUT2D eigenvalue weighted by atomic mass is 24.3. The van der Waals surface area contributed by atoms with Crippen LogP contribution in [0.25, 0.3) is 0 Å². The second kappa shape index (κ2) is 28.0. The molecule has 37 heavy (non-hydrogen) atoms. The average molecular weight is 536 g/mol. The van der Waals surface area contributed by atoms with Gasteiger partial charge in [-0.15, -0.1) is 0 Å². The van der Waals surface area contributed by atoms with Gasteiger partial charge in [0.1, 0.15) is 6.04 Å². The Labute approximate surface area is 241 Å². The van der Waals surface area contributed by atoms with E-state index in [0.717, 1.165) is 25.7 Å². The molecule has 0 saturated carbocycles. The van der Waals surface area contributed by atoms with Crippen LogP contribution < -0.4 is 5.73 Å². The molecule has 0 aliphatic carbocycles. The van der Waals surface area contributed by atoms with Crippen LogP contribution in [-0.2, 0) is 28.7 Å². The predicted octanol–water partition coefficient (Wildman–Crippen LogP) is 6.69. The van der Waals surface area contributed by atoms with Gasteiger partial charge in [-0.1, -0.05) is 117 Å². The lowest BCUT2D eigenvalue weighted by Crippen LogP contribution is -2.34. The van der Waals surface area contributed by atoms with Gasteiger partial charge in [0.2, 0.25) is 0 Å². The third-order valence-corrected chi connectivity index (χ3v) is 6.37. The zero-order chi connectivity index (χ0) is 26.9. The minimum atomic E-state index is -1.10. The van der Waals surface area contributed by atoms with Crippen molar-refractivity contribution in [2.45, 2.75) is 161 Å². The van der Waals surface area contributed by atoms with Crippen molar-refractivity contribution in [3.8, 4) is 0 Å². The molecule has 0 aromatic heterocycles. The van der Waals surface area contributed by atoms with Gasteiger partial charge in [-0.05, 0) is 19.3 Å². The van der Waals surface area contributed by atoms with Gasteiger partial charge in [0.15, 0.2) is 0 Å². The van der Waals surface area contributed by atoms with Crippen LogP contribution in [-0.4, -0.2) is 53.0 Å². The summed E-state index contributed by atoms with van der Waals surface area (Å²) in [6, 6.07) is -1.10. The van der Waals surface area contributed by atoms with Crippen molar-refractivity contribution in [1.29, 1.82) is 0 Å². The quantitative estimate of drug-likeness (QED) is 0.0633. The molecule has 8 heteroatoms. The van der Waals surface area contributed by atoms with E-state index in [4.69, 9.17) is 15.2 Å². The van der Waals surface area contributed by atoms with Crippen LogP contribution >= 0.6 is 0 Å². The fourth-order valence-corrected chi connectivity index (χ4v) is 4.02. The number of carbonyl (C=O) groups excluding carboxylic acids is 4. The van der Waals surface area contributed by atoms with Gasteiger partial charge in [-0.25, -0.2) is 4.79 Å². The number of carbonyl (C=O) groups is 4. The number of esters is 4. The molecule has 0 fully saturated rings. The minimum absolute atomic E-state index is 0. The molecule has 7 nitrogen and oxygen atoms in total. The Balaban J connectivity index is 0. The van der Waals surface area contributed by atoms with Gasteiger partial charge < -0.3 is 15.2 Å². The SMILES string of the molecule is CCCCCCCCCCCC(=O)OC(=O)CC[C@H](N)C(=O)OC(=O)CCCCCCCCCCC.[Mg]. The molecule has 212 valence electrons. The van der Waals surface area contributed by atoms with Crippen molar-refractivity contribution in [3.05, 3.63) is 0 Å². The zero-order valence-electron chi connectivity index (χ0n) is 23.9. The first kappa shape index (κ1) is 38.2. The van der Waals surface area contributed by atoms with Gasteiger partial charge in [0.25, 0.3) is 0 Å². The van der Waals surface area contributed by atoms with Gasteiger partial charge >= 0.3 is 23.9 Å². The van der Waals surface area contributed by atoms with E-state index < -0.39 is 29.9 Å². The van der Waals surface area contributed by atoms with Crippen molar-refractivity contribution in [2.24, 2.45) is 5.73 Å². The van der Waals surface area contributed by atoms with Crippen LogP contribution in [0.5, 0.6) is 0 Å². The molecular formula is C29H53MgNO6. The summed E-state index contributed by atoms with van der Waals surface area (Å²) in [6.07, 6.45) is 20.6. The number of unbranched alkanes of at least 4 members (excludes halogenated alkanes) is 16. The maximum atomic E-state index is 12.0. The molecule has 0 bridgehead atoms. The molecule has 0 aromatic carbocycles. The highest BCUT2D eigenvalue weighted by Gasteiger charge is 2.21. The molecule has 0 unspecified atom stereocenters. The molecule has 2 radical (unpaired) electrons. The van der Waals surface area contributed by atoms with Crippen LogP contribution in [0.3, 0.4) is 0 Å². The third kappa shape index (κ3) is 26.4. The van der Waals surface area contributed by atoms with Crippen molar-refractivity contribution >= 4 is 46.9 Å². The minimum Gasteiger partial charge on any atom is -0.393 e. The van der Waals surface area contributed by atoms with E-state index in [1.165, 1.54) is 77.0 Å². The Kier molecular flexibility index (Phi) is 28.9. The Hall–Kier alpha value is -0.994. The van der Waals surface area contributed by atoms with Crippen LogP contribution in [0, 0.1) is 0 Å². The van der Waals surface area contributed by atoms with Crippen molar-refractivity contribution in [1.82, 2.24) is 0 Å². The zero-order valence-corrected chi connectivity index (χ0v) is 25.3. The van der Waals surface area contributed by atoms with E-state index in [9.17, 15) is 19.2 Å². The van der Waals surface area contributed by atoms with Gasteiger partial charge in [-0.2, -0.15) is 0 Å². The largest absolute Gasteiger partial charge is 0.393 e. The maximum absolute atomic E-state index is 12.0. The summed E-state index contributed by atoms with van der Waals surface area (Å²) in [5.74, 6) is -2.68. The number of hydrogen-bond acceptors (Lipinski definition) is 7. The molecule has 0 aliphatic rings. The third-order valence-electron chi connectivity index (χ3n) is 6.37. The molecule has 0 saturated heterocycles. The van der Waals surface area contributed by atoms with E-state index in [-0.39, 0.29) is 48.7 Å². The summed E-state index contributed by atoms with van der Waals surface area (Å²) in [7, 11) is 0. The van der Waals surface area contributed by atoms with Crippen molar-refractivity contribution in [2.75, 3.05) is 0 Å². The molecule has 0 aromatic rings. The lowest BCUT2D eigenvalue weighted by atomic mass is 10.1. The average Bonchev–Trinajstić information content (AvgIpc) is 2.85. The predicted molar refractivity (Wildman–Crippen MR) is 149 cm³/mol. The molecule has 1 atom stereocenters. The Morgan fingerprint density at radius 1 is 0.514 bits per heavy atom. The lowest BCUT2D eigenvalue weighted by Gasteiger charge is -2.10. The number of rotatable bonds is 24. The van der Waals surface area contributed by atoms with Crippen LogP contribution in [0.2, 0.25) is 0 Å². The summed E-state index contributed by atoms with van der Waals surface area (Å²) in [4.78, 5) is 47.4. The Bertz CT molecular complexity index is 599. The Morgan fingerprint density at radius 3 is 1.24 bits per heavy atom. The summed E-state index contributed by atoms with van der Waals surface area (Å²) in [5.41, 5.74) is 5.73. The van der Waals surface area contributed by atoms with E-state index in [0.29, 0.717) is 12.8 Å². The molecule has 0 spiro atoms. The fraction of sp³-hybridized carbons (Fsp3) is 0.862. The van der Waals surface area contributed by atoms with Crippen LogP contribution in [0.15, 0.2) is 0 Å². The molecule has 0 heterocycles. The van der Waals surface area contributed by atoms with Crippen LogP contribution in [0.4, 0.5) is 0 Å². The van der Waals surface area contributed by atoms with E-state index in [1.807, 2.05) is 0 Å². The second-order valence-corrected chi connectivity index (χ2v) is 9.94. The summed E-state index contributed by atoms with van der Waals surface area (Å²) < 4.78 is 9.58. The molecular weight excluding hydrogens is 483 g/mol. The van der Waals surface area contributed by atoms with E-state index >= 15 is 0 Å². The first-order valence-corrected chi connectivity index (χ1v) is 14.6. The van der Waals surface area contributed by atoms with Gasteiger partial charge in [0.05, 0.1) is 0 Å². The topological polar surface area (TPSA) is 113 Å².